The summed E-state index contributed by atoms with van der Waals surface area (Å²) in [5.74, 6) is -0.736. The zero-order valence-corrected chi connectivity index (χ0v) is 13.6. The highest BCUT2D eigenvalue weighted by atomic mass is 35.5. The number of carbonyl (C=O) groups excluding carboxylic acids is 1. The average Bonchev–Trinajstić information content (AvgIpc) is 2.50. The second kappa shape index (κ2) is 7.39. The molecular weight excluding hydrogens is 331 g/mol. The third kappa shape index (κ3) is 4.41. The fourth-order valence-electron chi connectivity index (χ4n) is 2.32. The Bertz CT molecular complexity index is 645. The van der Waals surface area contributed by atoms with E-state index in [9.17, 15) is 17.6 Å². The van der Waals surface area contributed by atoms with Gasteiger partial charge in [-0.25, -0.2) is 17.5 Å². The van der Waals surface area contributed by atoms with Crippen LogP contribution in [0.15, 0.2) is 23.1 Å². The molecule has 1 aliphatic heterocycles. The van der Waals surface area contributed by atoms with E-state index in [1.54, 1.807) is 4.90 Å². The molecular formula is C14H18ClFN2O3S. The summed E-state index contributed by atoms with van der Waals surface area (Å²) in [7, 11) is -3.80. The summed E-state index contributed by atoms with van der Waals surface area (Å²) in [6, 6.07) is 3.18. The van der Waals surface area contributed by atoms with Gasteiger partial charge < -0.3 is 4.90 Å². The molecule has 1 heterocycles. The molecule has 0 unspecified atom stereocenters. The molecule has 2 rings (SSSR count). The predicted octanol–water partition coefficient (Wildman–Crippen LogP) is 2.16. The molecule has 0 aliphatic carbocycles. The van der Waals surface area contributed by atoms with E-state index in [1.807, 2.05) is 0 Å². The molecule has 122 valence electrons. The molecule has 5 nitrogen and oxygen atoms in total. The highest BCUT2D eigenvalue weighted by Crippen LogP contribution is 2.19. The van der Waals surface area contributed by atoms with Crippen molar-refractivity contribution < 1.29 is 17.6 Å². The molecule has 0 saturated carbocycles. The quantitative estimate of drug-likeness (QED) is 0.886. The van der Waals surface area contributed by atoms with Crippen LogP contribution in [0.1, 0.15) is 25.7 Å². The lowest BCUT2D eigenvalue weighted by atomic mass is 10.1. The van der Waals surface area contributed by atoms with Gasteiger partial charge in [-0.2, -0.15) is 0 Å². The van der Waals surface area contributed by atoms with Crippen LogP contribution in [0.5, 0.6) is 0 Å². The van der Waals surface area contributed by atoms with Crippen LogP contribution in [0.4, 0.5) is 4.39 Å². The molecule has 1 aromatic carbocycles. The molecule has 0 spiro atoms. The van der Waals surface area contributed by atoms with Crippen LogP contribution in [-0.4, -0.2) is 38.9 Å². The highest BCUT2D eigenvalue weighted by Gasteiger charge is 2.19. The van der Waals surface area contributed by atoms with Crippen LogP contribution >= 0.6 is 11.6 Å². The van der Waals surface area contributed by atoms with Crippen LogP contribution in [0.25, 0.3) is 0 Å². The monoisotopic (exact) mass is 348 g/mol. The Kier molecular flexibility index (Phi) is 5.77. The molecule has 1 amide bonds. The number of rotatable bonds is 5. The lowest BCUT2D eigenvalue weighted by Crippen LogP contribution is -2.37. The average molecular weight is 349 g/mol. The first-order valence-corrected chi connectivity index (χ1v) is 8.99. The molecule has 1 aromatic rings. The number of nitrogens with zero attached hydrogens (tertiary/aromatic N) is 1. The van der Waals surface area contributed by atoms with E-state index in [4.69, 9.17) is 11.6 Å². The van der Waals surface area contributed by atoms with Crippen molar-refractivity contribution >= 4 is 27.5 Å². The van der Waals surface area contributed by atoms with Crippen molar-refractivity contribution in [2.75, 3.05) is 19.6 Å². The van der Waals surface area contributed by atoms with Crippen LogP contribution < -0.4 is 4.72 Å². The van der Waals surface area contributed by atoms with E-state index in [2.05, 4.69) is 4.72 Å². The number of nitrogens with one attached hydrogen (secondary N) is 1. The third-order valence-electron chi connectivity index (χ3n) is 3.54. The van der Waals surface area contributed by atoms with Crippen molar-refractivity contribution in [3.63, 3.8) is 0 Å². The van der Waals surface area contributed by atoms with Crippen molar-refractivity contribution in [1.29, 1.82) is 0 Å². The van der Waals surface area contributed by atoms with Gasteiger partial charge in [-0.05, 0) is 37.5 Å². The van der Waals surface area contributed by atoms with Gasteiger partial charge in [0.05, 0.1) is 9.92 Å². The minimum atomic E-state index is -3.80. The SMILES string of the molecule is O=C(CCNS(=O)(=O)c1ccc(F)c(Cl)c1)N1CCCCC1. The van der Waals surface area contributed by atoms with Gasteiger partial charge in [-0.3, -0.25) is 4.79 Å². The molecule has 1 N–H and O–H groups in total. The van der Waals surface area contributed by atoms with Crippen LogP contribution in [0, 0.1) is 5.82 Å². The number of amides is 1. The number of hydrogen-bond donors (Lipinski definition) is 1. The summed E-state index contributed by atoms with van der Waals surface area (Å²) >= 11 is 5.58. The van der Waals surface area contributed by atoms with Gasteiger partial charge in [0.1, 0.15) is 5.82 Å². The van der Waals surface area contributed by atoms with E-state index in [-0.39, 0.29) is 28.8 Å². The predicted molar refractivity (Wildman–Crippen MR) is 81.6 cm³/mol. The third-order valence-corrected chi connectivity index (χ3v) is 5.29. The van der Waals surface area contributed by atoms with Gasteiger partial charge in [0.2, 0.25) is 15.9 Å². The number of likely N-dealkylation sites (tertiary alicyclic amines) is 1. The fraction of sp³-hybridized carbons (Fsp3) is 0.500. The number of carbonyl (C=O) groups is 1. The maximum Gasteiger partial charge on any atom is 0.240 e. The Morgan fingerprint density at radius 2 is 1.95 bits per heavy atom. The second-order valence-electron chi connectivity index (χ2n) is 5.17. The minimum Gasteiger partial charge on any atom is -0.343 e. The molecule has 8 heteroatoms. The van der Waals surface area contributed by atoms with E-state index < -0.39 is 15.8 Å². The van der Waals surface area contributed by atoms with Crippen LogP contribution in [0.2, 0.25) is 5.02 Å². The normalized spacial score (nSPS) is 15.8. The van der Waals surface area contributed by atoms with Gasteiger partial charge in [-0.15, -0.1) is 0 Å². The molecule has 0 aromatic heterocycles. The second-order valence-corrected chi connectivity index (χ2v) is 7.34. The van der Waals surface area contributed by atoms with E-state index in [0.29, 0.717) is 0 Å². The lowest BCUT2D eigenvalue weighted by Gasteiger charge is -2.26. The number of hydrogen-bond acceptors (Lipinski definition) is 3. The maximum absolute atomic E-state index is 13.1. The van der Waals surface area contributed by atoms with Crippen molar-refractivity contribution in [2.24, 2.45) is 0 Å². The Morgan fingerprint density at radius 1 is 1.27 bits per heavy atom. The first-order chi connectivity index (χ1) is 10.4. The standard InChI is InChI=1S/C14H18ClFN2O3S/c15-12-10-11(4-5-13(12)16)22(20,21)17-7-6-14(19)18-8-2-1-3-9-18/h4-5,10,17H,1-3,6-9H2. The van der Waals surface area contributed by atoms with Crippen LogP contribution in [0.3, 0.4) is 0 Å². The van der Waals surface area contributed by atoms with Crippen molar-refractivity contribution in [2.45, 2.75) is 30.6 Å². The maximum atomic E-state index is 13.1. The smallest absolute Gasteiger partial charge is 0.240 e. The Morgan fingerprint density at radius 3 is 2.59 bits per heavy atom. The highest BCUT2D eigenvalue weighted by molar-refractivity contribution is 7.89. The molecule has 1 saturated heterocycles. The van der Waals surface area contributed by atoms with Gasteiger partial charge in [-0.1, -0.05) is 11.6 Å². The van der Waals surface area contributed by atoms with E-state index >= 15 is 0 Å². The molecule has 0 atom stereocenters. The van der Waals surface area contributed by atoms with E-state index in [1.165, 1.54) is 0 Å². The largest absolute Gasteiger partial charge is 0.343 e. The van der Waals surface area contributed by atoms with Crippen molar-refractivity contribution in [3.8, 4) is 0 Å². The molecule has 0 radical (unpaired) electrons. The van der Waals surface area contributed by atoms with Crippen LogP contribution in [-0.2, 0) is 14.8 Å². The summed E-state index contributed by atoms with van der Waals surface area (Å²) in [5.41, 5.74) is 0. The van der Waals surface area contributed by atoms with Gasteiger partial charge >= 0.3 is 0 Å². The molecule has 1 fully saturated rings. The number of halogens is 2. The van der Waals surface area contributed by atoms with Gasteiger partial charge in [0, 0.05) is 26.1 Å². The first kappa shape index (κ1) is 17.2. The summed E-state index contributed by atoms with van der Waals surface area (Å²) in [5, 5.41) is -0.257. The lowest BCUT2D eigenvalue weighted by molar-refractivity contribution is -0.131. The summed E-state index contributed by atoms with van der Waals surface area (Å²) in [6.45, 7) is 1.48. The number of sulfonamides is 1. The zero-order valence-electron chi connectivity index (χ0n) is 12.0. The molecule has 1 aliphatic rings. The Balaban J connectivity index is 1.89. The topological polar surface area (TPSA) is 66.5 Å². The first-order valence-electron chi connectivity index (χ1n) is 7.12. The summed E-state index contributed by atoms with van der Waals surface area (Å²) in [4.78, 5) is 13.6. The molecule has 22 heavy (non-hydrogen) atoms. The Hall–Kier alpha value is -1.18. The fourth-order valence-corrected chi connectivity index (χ4v) is 3.62. The number of benzene rings is 1. The summed E-state index contributed by atoms with van der Waals surface area (Å²) < 4.78 is 39.5. The van der Waals surface area contributed by atoms with Crippen molar-refractivity contribution in [3.05, 3.63) is 29.0 Å². The van der Waals surface area contributed by atoms with Crippen molar-refractivity contribution in [1.82, 2.24) is 9.62 Å². The summed E-state index contributed by atoms with van der Waals surface area (Å²) in [6.07, 6.45) is 3.22. The van der Waals surface area contributed by atoms with Gasteiger partial charge in [0.15, 0.2) is 0 Å². The van der Waals surface area contributed by atoms with E-state index in [0.717, 1.165) is 50.6 Å². The van der Waals surface area contributed by atoms with Gasteiger partial charge in [0.25, 0.3) is 0 Å². The Labute approximate surface area is 134 Å². The minimum absolute atomic E-state index is 0.00661. The zero-order chi connectivity index (χ0) is 16.2. The molecule has 0 bridgehead atoms. The number of piperidine rings is 1.